The minimum atomic E-state index is -3.37. The van der Waals surface area contributed by atoms with E-state index in [1.807, 2.05) is 0 Å². The number of rotatable bonds is 4. The molecule has 0 saturated heterocycles. The smallest absolute Gasteiger partial charge is 0.254 e. The molecule has 7 heteroatoms. The van der Waals surface area contributed by atoms with Gasteiger partial charge in [0.15, 0.2) is 0 Å². The number of nitrogens with zero attached hydrogens (tertiary/aromatic N) is 2. The van der Waals surface area contributed by atoms with Gasteiger partial charge in [0, 0.05) is 26.0 Å². The van der Waals surface area contributed by atoms with Crippen molar-refractivity contribution >= 4 is 17.7 Å². The first-order chi connectivity index (χ1) is 13.6. The Kier molecular flexibility index (Phi) is 2.74. The fraction of sp³-hybridized carbons (Fsp3) is 0.688. The monoisotopic (exact) mass is 329 g/mol. The molecule has 0 spiro atoms. The Morgan fingerprint density at radius 1 is 1.52 bits per heavy atom. The molecule has 0 aromatic carbocycles. The highest BCUT2D eigenvalue weighted by molar-refractivity contribution is 5.97. The summed E-state index contributed by atoms with van der Waals surface area (Å²) in [6.07, 6.45) is -11.9. The number of hydrogen-bond acceptors (Lipinski definition) is 6. The summed E-state index contributed by atoms with van der Waals surface area (Å²) in [4.78, 5) is 19.8. The van der Waals surface area contributed by atoms with Crippen molar-refractivity contribution in [3.63, 3.8) is 0 Å². The fourth-order valence-corrected chi connectivity index (χ4v) is 1.75. The number of primary amides is 1. The SMILES string of the molecule is [2H]C1([2H])C(C)C([2H])(O)C([2H])([2H])C([2H])(Nc2nc(NC(C)(C)C)ncc2C(N)=O)C1([2H])[2H]. The van der Waals surface area contributed by atoms with Crippen LogP contribution in [0.15, 0.2) is 6.20 Å². The summed E-state index contributed by atoms with van der Waals surface area (Å²) < 4.78 is 66.1. The van der Waals surface area contributed by atoms with E-state index in [2.05, 4.69) is 20.6 Å². The third kappa shape index (κ3) is 4.79. The molecule has 7 nitrogen and oxygen atoms in total. The third-order valence-electron chi connectivity index (χ3n) is 2.86. The molecule has 1 fully saturated rings. The van der Waals surface area contributed by atoms with Crippen LogP contribution in [0, 0.1) is 5.92 Å². The second-order valence-corrected chi connectivity index (χ2v) is 6.20. The number of amides is 1. The maximum absolute atomic E-state index is 11.9. The van der Waals surface area contributed by atoms with E-state index in [-0.39, 0.29) is 5.95 Å². The molecule has 1 amide bonds. The zero-order valence-corrected chi connectivity index (χ0v) is 13.5. The molecule has 0 radical (unpaired) electrons. The largest absolute Gasteiger partial charge is 0.393 e. The Labute approximate surface area is 148 Å². The summed E-state index contributed by atoms with van der Waals surface area (Å²) >= 11 is 0. The molecule has 1 heterocycles. The normalized spacial score (nSPS) is 43.1. The zero-order chi connectivity index (χ0) is 24.4. The van der Waals surface area contributed by atoms with Crippen molar-refractivity contribution < 1.29 is 20.9 Å². The van der Waals surface area contributed by atoms with Gasteiger partial charge in [-0.25, -0.2) is 4.98 Å². The second kappa shape index (κ2) is 6.70. The van der Waals surface area contributed by atoms with Gasteiger partial charge in [-0.1, -0.05) is 6.92 Å². The number of hydrogen-bond donors (Lipinski definition) is 4. The highest BCUT2D eigenvalue weighted by atomic mass is 16.3. The van der Waals surface area contributed by atoms with Gasteiger partial charge < -0.3 is 21.5 Å². The van der Waals surface area contributed by atoms with Crippen LogP contribution in [0.2, 0.25) is 0 Å². The van der Waals surface area contributed by atoms with Gasteiger partial charge in [0.25, 0.3) is 5.91 Å². The molecular weight excluding hydrogens is 294 g/mol. The van der Waals surface area contributed by atoms with Crippen molar-refractivity contribution in [3.8, 4) is 0 Å². The van der Waals surface area contributed by atoms with Gasteiger partial charge >= 0.3 is 0 Å². The summed E-state index contributed by atoms with van der Waals surface area (Å²) in [5.74, 6) is -3.51. The Hall–Kier alpha value is -1.89. The molecule has 1 aliphatic rings. The lowest BCUT2D eigenvalue weighted by Crippen LogP contribution is -2.36. The van der Waals surface area contributed by atoms with E-state index in [0.717, 1.165) is 13.1 Å². The first kappa shape index (κ1) is 9.42. The van der Waals surface area contributed by atoms with Crippen LogP contribution >= 0.6 is 0 Å². The van der Waals surface area contributed by atoms with Crippen molar-refractivity contribution in [1.82, 2.24) is 9.97 Å². The van der Waals surface area contributed by atoms with Crippen LogP contribution < -0.4 is 16.4 Å². The van der Waals surface area contributed by atoms with Crippen molar-refractivity contribution in [2.45, 2.75) is 64.5 Å². The molecule has 1 aromatic heterocycles. The number of nitrogens with two attached hydrogens (primary N) is 1. The number of nitrogens with one attached hydrogen (secondary N) is 2. The van der Waals surface area contributed by atoms with Gasteiger partial charge in [0.05, 0.1) is 14.4 Å². The second-order valence-electron chi connectivity index (χ2n) is 6.20. The summed E-state index contributed by atoms with van der Waals surface area (Å²) in [7, 11) is 0. The maximum Gasteiger partial charge on any atom is 0.254 e. The zero-order valence-electron chi connectivity index (χ0n) is 21.5. The molecular formula is C16H27N5O2. The number of carbonyl (C=O) groups excluding carboxylic acids is 1. The van der Waals surface area contributed by atoms with E-state index >= 15 is 0 Å². The van der Waals surface area contributed by atoms with E-state index < -0.39 is 60.0 Å². The van der Waals surface area contributed by atoms with Crippen LogP contribution in [-0.2, 0) is 0 Å². The Morgan fingerprint density at radius 2 is 2.22 bits per heavy atom. The lowest BCUT2D eigenvalue weighted by Gasteiger charge is -2.32. The highest BCUT2D eigenvalue weighted by Crippen LogP contribution is 2.27. The van der Waals surface area contributed by atoms with E-state index in [9.17, 15) is 9.90 Å². The van der Waals surface area contributed by atoms with E-state index in [0.29, 0.717) is 0 Å². The first-order valence-corrected chi connectivity index (χ1v) is 7.09. The van der Waals surface area contributed by atoms with E-state index in [4.69, 9.17) is 16.7 Å². The molecule has 128 valence electrons. The molecule has 1 saturated carbocycles. The topological polar surface area (TPSA) is 113 Å². The van der Waals surface area contributed by atoms with Crippen molar-refractivity contribution in [2.24, 2.45) is 11.7 Å². The molecule has 1 aromatic rings. The van der Waals surface area contributed by atoms with Gasteiger partial charge in [-0.3, -0.25) is 4.79 Å². The van der Waals surface area contributed by atoms with E-state index in [1.54, 1.807) is 20.8 Å². The average Bonchev–Trinajstić information content (AvgIpc) is 2.57. The van der Waals surface area contributed by atoms with Gasteiger partial charge in [-0.05, 0) is 45.8 Å². The summed E-state index contributed by atoms with van der Waals surface area (Å²) in [6, 6.07) is -3.30. The molecule has 0 aliphatic heterocycles. The Balaban J connectivity index is 2.74. The molecule has 3 unspecified atom stereocenters. The van der Waals surface area contributed by atoms with Gasteiger partial charge in [0.1, 0.15) is 5.82 Å². The van der Waals surface area contributed by atoms with Gasteiger partial charge in [0.2, 0.25) is 5.95 Å². The number of carbonyl (C=O) groups is 1. The lowest BCUT2D eigenvalue weighted by atomic mass is 9.85. The maximum atomic E-state index is 11.9. The van der Waals surface area contributed by atoms with Crippen LogP contribution in [0.1, 0.15) is 68.1 Å². The average molecular weight is 329 g/mol. The van der Waals surface area contributed by atoms with Crippen LogP contribution in [0.4, 0.5) is 11.8 Å². The standard InChI is InChI=1S/C16H27N5O2/c1-9-5-6-10(7-12(9)22)19-14-11(13(17)23)8-18-15(20-14)21-16(2,3)4/h8-10,12,22H,5-7H2,1-4H3,(H2,17,23)(H2,18,19,20,21)/i5D2,6D2,7D2,10D,12D. The van der Waals surface area contributed by atoms with Gasteiger partial charge in [-0.15, -0.1) is 0 Å². The molecule has 3 atom stereocenters. The molecule has 1 aliphatic carbocycles. The fourth-order valence-electron chi connectivity index (χ4n) is 1.75. The summed E-state index contributed by atoms with van der Waals surface area (Å²) in [5.41, 5.74) is 4.37. The minimum Gasteiger partial charge on any atom is -0.393 e. The predicted octanol–water partition coefficient (Wildman–Crippen LogP) is 1.75. The number of aromatic nitrogens is 2. The molecule has 2 rings (SSSR count). The van der Waals surface area contributed by atoms with Crippen LogP contribution in [0.3, 0.4) is 0 Å². The number of anilines is 2. The molecule has 5 N–H and O–H groups in total. The lowest BCUT2D eigenvalue weighted by molar-refractivity contribution is 0.0739. The Morgan fingerprint density at radius 3 is 2.83 bits per heavy atom. The summed E-state index contributed by atoms with van der Waals surface area (Å²) in [6.45, 7) is 6.34. The van der Waals surface area contributed by atoms with Crippen molar-refractivity contribution in [3.05, 3.63) is 11.8 Å². The van der Waals surface area contributed by atoms with Crippen LogP contribution in [0.25, 0.3) is 0 Å². The predicted molar refractivity (Wildman–Crippen MR) is 90.4 cm³/mol. The summed E-state index contributed by atoms with van der Waals surface area (Å²) in [5, 5.41) is 15.6. The minimum absolute atomic E-state index is 0.0574. The van der Waals surface area contributed by atoms with Crippen LogP contribution in [-0.4, -0.2) is 38.6 Å². The molecule has 0 bridgehead atoms. The third-order valence-corrected chi connectivity index (χ3v) is 2.86. The first-order valence-electron chi connectivity index (χ1n) is 11.1. The number of aliphatic hydroxyl groups is 1. The van der Waals surface area contributed by atoms with Crippen molar-refractivity contribution in [2.75, 3.05) is 10.6 Å². The quantitative estimate of drug-likeness (QED) is 0.669. The van der Waals surface area contributed by atoms with Gasteiger partial charge in [-0.2, -0.15) is 4.98 Å². The van der Waals surface area contributed by atoms with E-state index in [1.165, 1.54) is 0 Å². The Bertz CT molecular complexity index is 859. The molecule has 23 heavy (non-hydrogen) atoms. The van der Waals surface area contributed by atoms with Crippen molar-refractivity contribution in [1.29, 1.82) is 0 Å². The van der Waals surface area contributed by atoms with Crippen LogP contribution in [0.5, 0.6) is 0 Å². The highest BCUT2D eigenvalue weighted by Gasteiger charge is 2.27.